The molecule has 1 aliphatic rings. The van der Waals surface area contributed by atoms with E-state index in [9.17, 15) is 4.79 Å². The van der Waals surface area contributed by atoms with Crippen molar-refractivity contribution in [3.63, 3.8) is 0 Å². The number of hydrogen-bond donors (Lipinski definition) is 2. The first-order valence-corrected chi connectivity index (χ1v) is 9.81. The summed E-state index contributed by atoms with van der Waals surface area (Å²) >= 11 is 12.7. The van der Waals surface area contributed by atoms with Crippen molar-refractivity contribution in [1.29, 1.82) is 0 Å². The molecule has 4 nitrogen and oxygen atoms in total. The molecule has 1 aliphatic carbocycles. The topological polar surface area (TPSA) is 48.1 Å². The second-order valence-corrected chi connectivity index (χ2v) is 7.93. The SMILES string of the molecule is CC1C=C(c2ccc(Cl)c(NC(=O)C=CN(C)C)c2)C=c2c(Cl)c[nH]c2=CC1. The number of fused-ring (bicyclic) bond motifs is 1. The number of nitrogens with one attached hydrogen (secondary N) is 2. The molecule has 1 heterocycles. The van der Waals surface area contributed by atoms with Crippen molar-refractivity contribution in [3.05, 3.63) is 68.9 Å². The van der Waals surface area contributed by atoms with Gasteiger partial charge in [-0.15, -0.1) is 0 Å². The van der Waals surface area contributed by atoms with Gasteiger partial charge in [0.25, 0.3) is 0 Å². The van der Waals surface area contributed by atoms with Gasteiger partial charge in [-0.25, -0.2) is 0 Å². The van der Waals surface area contributed by atoms with Gasteiger partial charge in [-0.05, 0) is 41.7 Å². The number of halogens is 2. The average molecular weight is 416 g/mol. The molecule has 1 amide bonds. The smallest absolute Gasteiger partial charge is 0.249 e. The van der Waals surface area contributed by atoms with Crippen LogP contribution in [0.1, 0.15) is 18.9 Å². The van der Waals surface area contributed by atoms with Crippen LogP contribution in [0.4, 0.5) is 5.69 Å². The number of rotatable bonds is 4. The van der Waals surface area contributed by atoms with E-state index in [-0.39, 0.29) is 5.91 Å². The molecule has 0 aliphatic heterocycles. The molecule has 1 unspecified atom stereocenters. The lowest BCUT2D eigenvalue weighted by Gasteiger charge is -2.12. The van der Waals surface area contributed by atoms with Gasteiger partial charge in [0.15, 0.2) is 0 Å². The first kappa shape index (κ1) is 20.3. The Kier molecular flexibility index (Phi) is 6.32. The standard InChI is InChI=1S/C22H23Cl2N3O/c1-14-4-7-20-17(19(24)13-25-20)11-16(10-14)15-5-6-18(23)21(12-15)26-22(28)8-9-27(2)3/h5-14,25H,4H2,1-3H3,(H,26,28). The molecular weight excluding hydrogens is 393 g/mol. The van der Waals surface area contributed by atoms with E-state index in [2.05, 4.69) is 35.5 Å². The van der Waals surface area contributed by atoms with Gasteiger partial charge in [-0.1, -0.05) is 48.3 Å². The molecule has 1 aromatic carbocycles. The van der Waals surface area contributed by atoms with E-state index in [0.717, 1.165) is 28.1 Å². The summed E-state index contributed by atoms with van der Waals surface area (Å²) in [6.45, 7) is 2.17. The molecular formula is C22H23Cl2N3O. The third-order valence-electron chi connectivity index (χ3n) is 4.44. The van der Waals surface area contributed by atoms with Crippen molar-refractivity contribution < 1.29 is 4.79 Å². The van der Waals surface area contributed by atoms with Crippen LogP contribution in [-0.2, 0) is 4.79 Å². The Morgan fingerprint density at radius 2 is 2.07 bits per heavy atom. The molecule has 2 N–H and O–H groups in total. The molecule has 6 heteroatoms. The van der Waals surface area contributed by atoms with Gasteiger partial charge in [-0.2, -0.15) is 0 Å². The fourth-order valence-corrected chi connectivity index (χ4v) is 3.37. The van der Waals surface area contributed by atoms with Gasteiger partial charge >= 0.3 is 0 Å². The van der Waals surface area contributed by atoms with Crippen molar-refractivity contribution in [2.75, 3.05) is 19.4 Å². The average Bonchev–Trinajstić information content (AvgIpc) is 2.97. The number of carbonyl (C=O) groups excluding carboxylic acids is 1. The summed E-state index contributed by atoms with van der Waals surface area (Å²) < 4.78 is 0. The van der Waals surface area contributed by atoms with Crippen molar-refractivity contribution in [2.24, 2.45) is 5.92 Å². The molecule has 0 saturated heterocycles. The Balaban J connectivity index is 2.00. The highest BCUT2D eigenvalue weighted by molar-refractivity contribution is 6.34. The summed E-state index contributed by atoms with van der Waals surface area (Å²) in [4.78, 5) is 17.2. The van der Waals surface area contributed by atoms with Crippen LogP contribution < -0.4 is 15.9 Å². The third-order valence-corrected chi connectivity index (χ3v) is 5.08. The van der Waals surface area contributed by atoms with E-state index in [0.29, 0.717) is 21.7 Å². The lowest BCUT2D eigenvalue weighted by atomic mass is 9.96. The second-order valence-electron chi connectivity index (χ2n) is 7.11. The van der Waals surface area contributed by atoms with E-state index in [1.54, 1.807) is 23.4 Å². The van der Waals surface area contributed by atoms with Gasteiger partial charge in [0.2, 0.25) is 5.91 Å². The molecule has 0 fully saturated rings. The maximum absolute atomic E-state index is 12.2. The zero-order valence-corrected chi connectivity index (χ0v) is 17.6. The molecule has 2 aromatic rings. The monoisotopic (exact) mass is 415 g/mol. The maximum atomic E-state index is 12.2. The highest BCUT2D eigenvalue weighted by Gasteiger charge is 2.11. The van der Waals surface area contributed by atoms with E-state index < -0.39 is 0 Å². The lowest BCUT2D eigenvalue weighted by Crippen LogP contribution is -2.24. The minimum atomic E-state index is -0.234. The molecule has 1 atom stereocenters. The Bertz CT molecular complexity index is 1060. The number of aromatic amines is 1. The Labute approximate surface area is 174 Å². The number of amides is 1. The second kappa shape index (κ2) is 8.72. The van der Waals surface area contributed by atoms with Gasteiger partial charge in [-0.3, -0.25) is 4.79 Å². The van der Waals surface area contributed by atoms with E-state index >= 15 is 0 Å². The highest BCUT2D eigenvalue weighted by atomic mass is 35.5. The summed E-state index contributed by atoms with van der Waals surface area (Å²) in [5.41, 5.74) is 2.58. The van der Waals surface area contributed by atoms with Crippen molar-refractivity contribution in [1.82, 2.24) is 9.88 Å². The van der Waals surface area contributed by atoms with Crippen molar-refractivity contribution in [3.8, 4) is 0 Å². The minimum Gasteiger partial charge on any atom is -0.383 e. The quantitative estimate of drug-likeness (QED) is 0.740. The van der Waals surface area contributed by atoms with Crippen LogP contribution in [0.5, 0.6) is 0 Å². The molecule has 0 saturated carbocycles. The fourth-order valence-electron chi connectivity index (χ4n) is 2.99. The summed E-state index contributed by atoms with van der Waals surface area (Å²) in [6, 6.07) is 5.64. The normalized spacial score (nSPS) is 16.3. The molecule has 0 radical (unpaired) electrons. The molecule has 0 bridgehead atoms. The summed E-state index contributed by atoms with van der Waals surface area (Å²) in [7, 11) is 3.71. The molecule has 146 valence electrons. The van der Waals surface area contributed by atoms with Crippen molar-refractivity contribution >= 4 is 52.5 Å². The predicted molar refractivity (Wildman–Crippen MR) is 119 cm³/mol. The first-order chi connectivity index (χ1) is 13.3. The van der Waals surface area contributed by atoms with Gasteiger partial charge in [0.1, 0.15) is 0 Å². The maximum Gasteiger partial charge on any atom is 0.249 e. The Morgan fingerprint density at radius 3 is 2.82 bits per heavy atom. The van der Waals surface area contributed by atoms with Crippen LogP contribution in [0.25, 0.3) is 17.7 Å². The van der Waals surface area contributed by atoms with Crippen LogP contribution in [0, 0.1) is 5.92 Å². The summed E-state index contributed by atoms with van der Waals surface area (Å²) in [5.74, 6) is 0.125. The van der Waals surface area contributed by atoms with E-state index in [1.165, 1.54) is 6.08 Å². The zero-order valence-electron chi connectivity index (χ0n) is 16.1. The Morgan fingerprint density at radius 1 is 1.29 bits per heavy atom. The number of benzene rings is 1. The number of anilines is 1. The van der Waals surface area contributed by atoms with E-state index in [1.807, 2.05) is 26.2 Å². The molecule has 3 rings (SSSR count). The molecule has 0 spiro atoms. The number of allylic oxidation sites excluding steroid dienone is 2. The number of carbonyl (C=O) groups is 1. The van der Waals surface area contributed by atoms with Crippen LogP contribution in [-0.4, -0.2) is 29.9 Å². The van der Waals surface area contributed by atoms with E-state index in [4.69, 9.17) is 23.2 Å². The fraction of sp³-hybridized carbons (Fsp3) is 0.227. The van der Waals surface area contributed by atoms with Crippen LogP contribution in [0.15, 0.2) is 42.7 Å². The largest absolute Gasteiger partial charge is 0.383 e. The number of H-pyrrole nitrogens is 1. The number of nitrogens with zero attached hydrogens (tertiary/aromatic N) is 1. The van der Waals surface area contributed by atoms with Crippen LogP contribution >= 0.6 is 23.2 Å². The summed E-state index contributed by atoms with van der Waals surface area (Å²) in [6.07, 6.45) is 12.3. The third kappa shape index (κ3) is 4.89. The predicted octanol–water partition coefficient (Wildman–Crippen LogP) is 4.02. The van der Waals surface area contributed by atoms with Crippen molar-refractivity contribution in [2.45, 2.75) is 13.3 Å². The van der Waals surface area contributed by atoms with Crippen LogP contribution in [0.3, 0.4) is 0 Å². The first-order valence-electron chi connectivity index (χ1n) is 9.05. The molecule has 1 aromatic heterocycles. The summed E-state index contributed by atoms with van der Waals surface area (Å²) in [5, 5.41) is 6.01. The van der Waals surface area contributed by atoms with Gasteiger partial charge in [0.05, 0.1) is 15.7 Å². The number of aromatic nitrogens is 1. The van der Waals surface area contributed by atoms with Gasteiger partial charge in [0, 0.05) is 43.1 Å². The number of hydrogen-bond acceptors (Lipinski definition) is 2. The highest BCUT2D eigenvalue weighted by Crippen LogP contribution is 2.29. The van der Waals surface area contributed by atoms with Gasteiger partial charge < -0.3 is 15.2 Å². The lowest BCUT2D eigenvalue weighted by molar-refractivity contribution is -0.112. The zero-order chi connectivity index (χ0) is 20.3. The minimum absolute atomic E-state index is 0.234. The Hall–Kier alpha value is -2.43. The van der Waals surface area contributed by atoms with Crippen LogP contribution in [0.2, 0.25) is 10.0 Å². The molecule has 28 heavy (non-hydrogen) atoms.